The van der Waals surface area contributed by atoms with E-state index in [2.05, 4.69) is 9.92 Å². The second kappa shape index (κ2) is 4.61. The molecular weight excluding hydrogens is 309 g/mol. The molecule has 96 valence electrons. The standard InChI is InChI=1S/C14H11NO3Se/c1-18-11-5-4-8-13(14(11)17)10(16)7-9(15-8)12-3-2-6-19-12/h2-7,17H,1H3,(H,15,16). The van der Waals surface area contributed by atoms with Gasteiger partial charge in [0, 0.05) is 0 Å². The fourth-order valence-corrected chi connectivity index (χ4v) is 3.50. The third-order valence-corrected chi connectivity index (χ3v) is 4.83. The van der Waals surface area contributed by atoms with Crippen LogP contribution < -0.4 is 10.2 Å². The van der Waals surface area contributed by atoms with E-state index in [-0.39, 0.29) is 31.1 Å². The van der Waals surface area contributed by atoms with Crippen molar-refractivity contribution in [3.05, 3.63) is 45.5 Å². The number of phenolic OH excluding ortho intramolecular Hbond substituents is 1. The second-order valence-corrected chi connectivity index (χ2v) is 6.05. The van der Waals surface area contributed by atoms with Crippen LogP contribution in [0.1, 0.15) is 0 Å². The molecule has 2 aromatic heterocycles. The molecule has 0 saturated heterocycles. The summed E-state index contributed by atoms with van der Waals surface area (Å²) in [5.74, 6) is 0.188. The molecule has 0 radical (unpaired) electrons. The van der Waals surface area contributed by atoms with E-state index in [1.165, 1.54) is 13.2 Å². The summed E-state index contributed by atoms with van der Waals surface area (Å²) in [6.45, 7) is 0. The second-order valence-electron chi connectivity index (χ2n) is 4.06. The summed E-state index contributed by atoms with van der Waals surface area (Å²) in [7, 11) is 1.46. The van der Waals surface area contributed by atoms with Gasteiger partial charge in [0.25, 0.3) is 0 Å². The van der Waals surface area contributed by atoms with Crippen molar-refractivity contribution < 1.29 is 9.84 Å². The predicted molar refractivity (Wildman–Crippen MR) is 75.2 cm³/mol. The molecule has 0 bridgehead atoms. The van der Waals surface area contributed by atoms with E-state index in [0.29, 0.717) is 11.3 Å². The fraction of sp³-hybridized carbons (Fsp3) is 0.0714. The first-order chi connectivity index (χ1) is 9.20. The summed E-state index contributed by atoms with van der Waals surface area (Å²) in [6.07, 6.45) is 0. The van der Waals surface area contributed by atoms with Gasteiger partial charge in [-0.2, -0.15) is 0 Å². The normalized spacial score (nSPS) is 10.8. The Morgan fingerprint density at radius 2 is 2.16 bits per heavy atom. The monoisotopic (exact) mass is 321 g/mol. The number of hydrogen-bond donors (Lipinski definition) is 2. The number of rotatable bonds is 2. The number of hydrogen-bond acceptors (Lipinski definition) is 3. The van der Waals surface area contributed by atoms with Crippen molar-refractivity contribution in [1.29, 1.82) is 0 Å². The van der Waals surface area contributed by atoms with E-state index in [0.717, 1.165) is 10.1 Å². The van der Waals surface area contributed by atoms with Crippen LogP contribution >= 0.6 is 0 Å². The molecule has 0 fully saturated rings. The molecule has 0 unspecified atom stereocenters. The first kappa shape index (κ1) is 12.1. The number of pyridine rings is 1. The Hall–Kier alpha value is -1.97. The molecule has 0 atom stereocenters. The van der Waals surface area contributed by atoms with Crippen LogP contribution in [-0.2, 0) is 0 Å². The fourth-order valence-electron chi connectivity index (χ4n) is 2.04. The molecule has 2 N–H and O–H groups in total. The van der Waals surface area contributed by atoms with Gasteiger partial charge >= 0.3 is 114 Å². The molecule has 5 heteroatoms. The van der Waals surface area contributed by atoms with Gasteiger partial charge in [0.05, 0.1) is 0 Å². The molecule has 0 spiro atoms. The zero-order valence-electron chi connectivity index (χ0n) is 10.1. The molecule has 4 nitrogen and oxygen atoms in total. The SMILES string of the molecule is COc1ccc2[nH]c(-c3ccc[se]3)cc(=O)c2c1O. The van der Waals surface area contributed by atoms with Crippen LogP contribution in [0, 0.1) is 0 Å². The summed E-state index contributed by atoms with van der Waals surface area (Å²) in [5.41, 5.74) is 1.22. The van der Waals surface area contributed by atoms with E-state index < -0.39 is 0 Å². The van der Waals surface area contributed by atoms with Gasteiger partial charge in [-0.25, -0.2) is 0 Å². The third-order valence-electron chi connectivity index (χ3n) is 2.94. The number of ether oxygens (including phenoxy) is 1. The Bertz CT molecular complexity index is 790. The van der Waals surface area contributed by atoms with Gasteiger partial charge in [0.15, 0.2) is 0 Å². The summed E-state index contributed by atoms with van der Waals surface area (Å²) >= 11 is 0.255. The molecule has 0 saturated carbocycles. The van der Waals surface area contributed by atoms with Gasteiger partial charge in [-0.3, -0.25) is 0 Å². The van der Waals surface area contributed by atoms with Gasteiger partial charge in [0.2, 0.25) is 0 Å². The number of aromatic amines is 1. The van der Waals surface area contributed by atoms with Crippen molar-refractivity contribution in [1.82, 2.24) is 4.98 Å². The molecule has 3 rings (SSSR count). The first-order valence-electron chi connectivity index (χ1n) is 5.67. The molecule has 0 aliphatic heterocycles. The molecule has 2 heterocycles. The van der Waals surface area contributed by atoms with Gasteiger partial charge in [-0.05, 0) is 0 Å². The minimum absolute atomic E-state index is 0.114. The number of fused-ring (bicyclic) bond motifs is 1. The van der Waals surface area contributed by atoms with Crippen LogP contribution in [0.15, 0.2) is 40.1 Å². The third kappa shape index (κ3) is 1.97. The van der Waals surface area contributed by atoms with Crippen LogP contribution in [0.4, 0.5) is 0 Å². The van der Waals surface area contributed by atoms with Crippen LogP contribution in [0.5, 0.6) is 11.5 Å². The van der Waals surface area contributed by atoms with Crippen molar-refractivity contribution in [3.63, 3.8) is 0 Å². The number of phenols is 1. The van der Waals surface area contributed by atoms with E-state index >= 15 is 0 Å². The predicted octanol–water partition coefficient (Wildman–Crippen LogP) is 1.97. The summed E-state index contributed by atoms with van der Waals surface area (Å²) in [5, 5.41) is 10.3. The van der Waals surface area contributed by atoms with E-state index in [1.807, 2.05) is 12.1 Å². The van der Waals surface area contributed by atoms with Gasteiger partial charge < -0.3 is 0 Å². The average molecular weight is 320 g/mol. The summed E-state index contributed by atoms with van der Waals surface area (Å²) in [6, 6.07) is 8.91. The van der Waals surface area contributed by atoms with Crippen molar-refractivity contribution in [2.75, 3.05) is 7.11 Å². The molecule has 3 aromatic rings. The zero-order valence-corrected chi connectivity index (χ0v) is 11.8. The molecule has 0 aliphatic rings. The molecule has 0 amide bonds. The average Bonchev–Trinajstić information content (AvgIpc) is 2.92. The van der Waals surface area contributed by atoms with Crippen LogP contribution in [0.2, 0.25) is 0 Å². The number of H-pyrrole nitrogens is 1. The first-order valence-corrected chi connectivity index (χ1v) is 7.52. The zero-order chi connectivity index (χ0) is 13.4. The Morgan fingerprint density at radius 1 is 1.32 bits per heavy atom. The van der Waals surface area contributed by atoms with Crippen molar-refractivity contribution >= 4 is 25.4 Å². The molecule has 19 heavy (non-hydrogen) atoms. The van der Waals surface area contributed by atoms with E-state index in [1.54, 1.807) is 12.1 Å². The number of benzene rings is 1. The van der Waals surface area contributed by atoms with Crippen molar-refractivity contribution in [3.8, 4) is 21.6 Å². The Labute approximate surface area is 115 Å². The quantitative estimate of drug-likeness (QED) is 0.710. The Kier molecular flexibility index (Phi) is 2.93. The Balaban J connectivity index is 2.32. The van der Waals surface area contributed by atoms with Crippen molar-refractivity contribution in [2.45, 2.75) is 0 Å². The summed E-state index contributed by atoms with van der Waals surface area (Å²) < 4.78 is 6.14. The maximum absolute atomic E-state index is 12.2. The number of nitrogens with one attached hydrogen (secondary N) is 1. The van der Waals surface area contributed by atoms with Gasteiger partial charge in [-0.15, -0.1) is 0 Å². The van der Waals surface area contributed by atoms with Crippen LogP contribution in [0.3, 0.4) is 0 Å². The molecular formula is C14H11NO3Se. The van der Waals surface area contributed by atoms with Crippen LogP contribution in [-0.4, -0.2) is 31.7 Å². The summed E-state index contributed by atoms with van der Waals surface area (Å²) in [4.78, 5) is 17.5. The van der Waals surface area contributed by atoms with Gasteiger partial charge in [0.1, 0.15) is 0 Å². The van der Waals surface area contributed by atoms with E-state index in [9.17, 15) is 9.90 Å². The Morgan fingerprint density at radius 3 is 2.84 bits per heavy atom. The van der Waals surface area contributed by atoms with Crippen LogP contribution in [0.25, 0.3) is 21.0 Å². The van der Waals surface area contributed by atoms with Crippen molar-refractivity contribution in [2.24, 2.45) is 0 Å². The molecule has 1 aromatic carbocycles. The van der Waals surface area contributed by atoms with E-state index in [4.69, 9.17) is 4.74 Å². The number of aromatic hydroxyl groups is 1. The topological polar surface area (TPSA) is 62.3 Å². The number of aromatic nitrogens is 1. The van der Waals surface area contributed by atoms with Gasteiger partial charge in [-0.1, -0.05) is 0 Å². The molecule has 0 aliphatic carbocycles. The number of methoxy groups -OCH3 is 1. The maximum atomic E-state index is 12.2. The minimum atomic E-state index is -0.205.